The van der Waals surface area contributed by atoms with Crippen molar-refractivity contribution in [3.63, 3.8) is 0 Å². The molecule has 4 aliphatic heterocycles. The molecule has 2 amide bonds. The quantitative estimate of drug-likeness (QED) is 0.0199. The maximum absolute atomic E-state index is 12.7. The van der Waals surface area contributed by atoms with E-state index in [2.05, 4.69) is 31.3 Å². The smallest absolute Gasteiger partial charge is 0.338 e. The topological polar surface area (TPSA) is 521 Å². The second kappa shape index (κ2) is 34.2. The highest BCUT2D eigenvalue weighted by atomic mass is 16.8. The molecular formula is C52H80N8O28. The number of carbonyl (C=O) groups excluding carboxylic acids is 3. The van der Waals surface area contributed by atoms with Crippen molar-refractivity contribution in [2.45, 2.75) is 174 Å². The fourth-order valence-electron chi connectivity index (χ4n) is 9.72. The van der Waals surface area contributed by atoms with Gasteiger partial charge in [-0.05, 0) is 25.0 Å². The summed E-state index contributed by atoms with van der Waals surface area (Å²) in [6.07, 6.45) is -26.9. The van der Waals surface area contributed by atoms with Gasteiger partial charge in [-0.25, -0.2) is 4.79 Å². The third kappa shape index (κ3) is 18.9. The highest BCUT2D eigenvalue weighted by molar-refractivity contribution is 5.90. The number of nitrogens with one attached hydrogen (secondary N) is 2. The molecule has 4 saturated heterocycles. The summed E-state index contributed by atoms with van der Waals surface area (Å²) in [5, 5.41) is 165. The number of hydrogen-bond acceptors (Lipinski definition) is 32. The molecule has 6 heterocycles. The van der Waals surface area contributed by atoms with Crippen LogP contribution in [0, 0.1) is 0 Å². The second-order valence-electron chi connectivity index (χ2n) is 21.0. The molecule has 1 aromatic carbocycles. The van der Waals surface area contributed by atoms with E-state index in [1.165, 1.54) is 34.7 Å². The average Bonchev–Trinajstić information content (AvgIpc) is 1.97. The molecule has 16 N–H and O–H groups in total. The standard InChI is InChI=1S/C52H80N8O28/c1-78-48(77)25-16-28(79-14-8-53-34(65)6-4-26-19-59(57-55-26)10-2-12-81-49-44(75)40(71)46(32(23-63)85-49)87-51-42(73)38(69)36(67)30(21-61)83-51)18-29(17-25)80-15-9-54-35(66)7-5-27-20-60(58-56-27)11-3-13-82-50-45(76)41(72)47(33(24-64)86-50)88-52-43(74)39(70)37(68)31(22-62)84-52/h16-20,30-33,36-47,49-52,61-64,67-76H,2-15,21-24H2,1H3,(H,53,65)(H,54,66)/t30-,31-,32-,33-,36+,37+,38+,39+,40-,41-,42-,43-,44-,45-,46+,47+,49-,50-,51-,52-/m1/s1. The van der Waals surface area contributed by atoms with Crippen LogP contribution in [0.4, 0.5) is 0 Å². The van der Waals surface area contributed by atoms with Gasteiger partial charge in [0.2, 0.25) is 11.8 Å². The van der Waals surface area contributed by atoms with Gasteiger partial charge in [0.15, 0.2) is 25.2 Å². The van der Waals surface area contributed by atoms with Gasteiger partial charge in [-0.1, -0.05) is 10.4 Å². The fourth-order valence-corrected chi connectivity index (χ4v) is 9.72. The molecule has 0 bridgehead atoms. The molecule has 4 aliphatic rings. The minimum absolute atomic E-state index is 0.00254. The van der Waals surface area contributed by atoms with E-state index in [-0.39, 0.29) is 94.1 Å². The number of carbonyl (C=O) groups is 3. The van der Waals surface area contributed by atoms with Gasteiger partial charge in [-0.2, -0.15) is 0 Å². The number of benzene rings is 1. The Morgan fingerprint density at radius 3 is 1.27 bits per heavy atom. The lowest BCUT2D eigenvalue weighted by atomic mass is 9.97. The van der Waals surface area contributed by atoms with E-state index in [1.807, 2.05) is 0 Å². The third-order valence-electron chi connectivity index (χ3n) is 14.6. The van der Waals surface area contributed by atoms with Crippen molar-refractivity contribution in [3.8, 4) is 11.5 Å². The van der Waals surface area contributed by atoms with Crippen molar-refractivity contribution in [1.29, 1.82) is 0 Å². The predicted octanol–water partition coefficient (Wildman–Crippen LogP) is -9.03. The second-order valence-corrected chi connectivity index (χ2v) is 21.0. The molecule has 0 aliphatic carbocycles. The van der Waals surface area contributed by atoms with Crippen LogP contribution >= 0.6 is 0 Å². The molecule has 36 heteroatoms. The van der Waals surface area contributed by atoms with E-state index in [1.54, 1.807) is 12.4 Å². The number of aliphatic hydroxyl groups is 14. The Bertz CT molecular complexity index is 2440. The Kier molecular flexibility index (Phi) is 27.2. The van der Waals surface area contributed by atoms with Gasteiger partial charge >= 0.3 is 5.97 Å². The summed E-state index contributed by atoms with van der Waals surface area (Å²) in [6, 6.07) is 4.42. The van der Waals surface area contributed by atoms with Crippen LogP contribution in [0.25, 0.3) is 0 Å². The number of hydrogen-bond donors (Lipinski definition) is 16. The summed E-state index contributed by atoms with van der Waals surface area (Å²) in [7, 11) is 1.21. The Morgan fingerprint density at radius 2 is 0.886 bits per heavy atom. The van der Waals surface area contributed by atoms with Gasteiger partial charge in [-0.15, -0.1) is 10.2 Å². The number of aryl methyl sites for hydroxylation is 4. The molecule has 36 nitrogen and oxygen atoms in total. The van der Waals surface area contributed by atoms with Gasteiger partial charge in [0.1, 0.15) is 122 Å². The Labute approximate surface area is 501 Å². The van der Waals surface area contributed by atoms with E-state index in [9.17, 15) is 85.9 Å². The SMILES string of the molecule is COC(=O)c1cc(OCCNC(=O)CCc2cn(CCCO[C@@H]3O[C@H](CO)[C@H](O[C@H]4O[C@H](CO)[C@H](O)[C@H](O)[C@H]4O)[C@H](O)[C@H]3O)nn2)cc(OCCNC(=O)CCc2cn(CCCO[C@@H]3O[C@H](CO)[C@H](O[C@H]4O[C@H](CO)[C@H](O)[C@H](O)[C@H]4O)[C@H](O)[C@H]3O)nn2)c1. The molecule has 7 rings (SSSR count). The van der Waals surface area contributed by atoms with Crippen LogP contribution in [0.2, 0.25) is 0 Å². The van der Waals surface area contributed by atoms with E-state index < -0.39 is 155 Å². The Balaban J connectivity index is 0.737. The maximum Gasteiger partial charge on any atom is 0.338 e. The molecule has 0 saturated carbocycles. The zero-order valence-electron chi connectivity index (χ0n) is 47.8. The van der Waals surface area contributed by atoms with Crippen LogP contribution in [-0.2, 0) is 78.2 Å². The van der Waals surface area contributed by atoms with Gasteiger partial charge in [0, 0.05) is 57.2 Å². The molecule has 0 unspecified atom stereocenters. The van der Waals surface area contributed by atoms with Gasteiger partial charge in [-0.3, -0.25) is 19.0 Å². The molecule has 0 radical (unpaired) electrons. The number of aliphatic hydroxyl groups excluding tert-OH is 14. The summed E-state index contributed by atoms with van der Waals surface area (Å²) in [4.78, 5) is 37.8. The minimum Gasteiger partial charge on any atom is -0.492 e. The molecule has 2 aromatic heterocycles. The summed E-state index contributed by atoms with van der Waals surface area (Å²) in [5.41, 5.74) is 1.17. The van der Waals surface area contributed by atoms with Crippen LogP contribution in [0.15, 0.2) is 30.6 Å². The van der Waals surface area contributed by atoms with E-state index in [0.29, 0.717) is 37.3 Å². The molecule has 0 spiro atoms. The van der Waals surface area contributed by atoms with E-state index in [4.69, 9.17) is 52.1 Å². The minimum atomic E-state index is -1.80. The monoisotopic (exact) mass is 1260 g/mol. The number of rotatable bonds is 33. The van der Waals surface area contributed by atoms with Crippen molar-refractivity contribution in [2.75, 3.05) is 73.1 Å². The first-order valence-corrected chi connectivity index (χ1v) is 28.5. The number of nitrogens with zero attached hydrogens (tertiary/aromatic N) is 6. The van der Waals surface area contributed by atoms with Crippen molar-refractivity contribution in [3.05, 3.63) is 47.5 Å². The van der Waals surface area contributed by atoms with Crippen molar-refractivity contribution >= 4 is 17.8 Å². The third-order valence-corrected chi connectivity index (χ3v) is 14.6. The Morgan fingerprint density at radius 1 is 0.500 bits per heavy atom. The zero-order valence-corrected chi connectivity index (χ0v) is 47.8. The molecule has 88 heavy (non-hydrogen) atoms. The maximum atomic E-state index is 12.7. The van der Waals surface area contributed by atoms with E-state index >= 15 is 0 Å². The molecule has 4 fully saturated rings. The molecule has 3 aromatic rings. The number of esters is 1. The van der Waals surface area contributed by atoms with Crippen molar-refractivity contribution in [1.82, 2.24) is 40.6 Å². The first-order chi connectivity index (χ1) is 42.3. The van der Waals surface area contributed by atoms with Gasteiger partial charge < -0.3 is 134 Å². The number of amides is 2. The summed E-state index contributed by atoms with van der Waals surface area (Å²) >= 11 is 0. The Hall–Kier alpha value is -5.37. The van der Waals surface area contributed by atoms with Gasteiger partial charge in [0.05, 0.1) is 76.8 Å². The first kappa shape index (κ1) is 70.1. The van der Waals surface area contributed by atoms with Gasteiger partial charge in [0.25, 0.3) is 0 Å². The predicted molar refractivity (Wildman–Crippen MR) is 285 cm³/mol. The number of aromatic nitrogens is 6. The van der Waals surface area contributed by atoms with E-state index in [0.717, 1.165) is 0 Å². The zero-order chi connectivity index (χ0) is 63.6. The number of methoxy groups -OCH3 is 1. The normalized spacial score (nSPS) is 32.5. The largest absolute Gasteiger partial charge is 0.492 e. The average molecular weight is 1270 g/mol. The molecule has 496 valence electrons. The summed E-state index contributed by atoms with van der Waals surface area (Å²) < 4.78 is 63.8. The van der Waals surface area contributed by atoms with Crippen LogP contribution in [0.1, 0.15) is 47.4 Å². The summed E-state index contributed by atoms with van der Waals surface area (Å²) in [5.74, 6) is -0.777. The van der Waals surface area contributed by atoms with Crippen LogP contribution in [-0.4, -0.2) is 315 Å². The lowest BCUT2D eigenvalue weighted by Gasteiger charge is -2.45. The lowest BCUT2D eigenvalue weighted by molar-refractivity contribution is -0.359. The van der Waals surface area contributed by atoms with Crippen molar-refractivity contribution in [2.24, 2.45) is 0 Å². The lowest BCUT2D eigenvalue weighted by Crippen LogP contribution is -2.64. The summed E-state index contributed by atoms with van der Waals surface area (Å²) in [6.45, 7) is -2.04. The highest BCUT2D eigenvalue weighted by Crippen LogP contribution is 2.32. The van der Waals surface area contributed by atoms with Crippen LogP contribution in [0.3, 0.4) is 0 Å². The van der Waals surface area contributed by atoms with Crippen LogP contribution < -0.4 is 20.1 Å². The highest BCUT2D eigenvalue weighted by Gasteiger charge is 2.52. The number of ether oxygens (including phenoxy) is 11. The first-order valence-electron chi connectivity index (χ1n) is 28.5. The molecular weight excluding hydrogens is 1180 g/mol. The fraction of sp³-hybridized carbons (Fsp3) is 0.750. The van der Waals surface area contributed by atoms with Crippen molar-refractivity contribution < 1.29 is 138 Å². The molecule has 20 atom stereocenters. The van der Waals surface area contributed by atoms with Crippen LogP contribution in [0.5, 0.6) is 11.5 Å².